The number of nitrogens with zero attached hydrogens (tertiary/aromatic N) is 6. The fourth-order valence-electron chi connectivity index (χ4n) is 3.32. The number of anilines is 1. The number of ether oxygens (including phenoxy) is 2. The van der Waals surface area contributed by atoms with Crippen LogP contribution in [0.25, 0.3) is 11.3 Å². The molecule has 0 spiro atoms. The first-order valence-corrected chi connectivity index (χ1v) is 9.53. The zero-order valence-corrected chi connectivity index (χ0v) is 16.0. The van der Waals surface area contributed by atoms with Crippen LogP contribution in [0.3, 0.4) is 0 Å². The van der Waals surface area contributed by atoms with Gasteiger partial charge in [-0.15, -0.1) is 0 Å². The van der Waals surface area contributed by atoms with Crippen LogP contribution in [0.4, 0.5) is 5.95 Å². The Morgan fingerprint density at radius 3 is 2.44 bits per heavy atom. The molecule has 0 radical (unpaired) electrons. The molecule has 0 aromatic carbocycles. The molecule has 0 aliphatic carbocycles. The van der Waals surface area contributed by atoms with E-state index >= 15 is 0 Å². The number of morpholine rings is 1. The van der Waals surface area contributed by atoms with Gasteiger partial charge in [0.2, 0.25) is 11.8 Å². The highest BCUT2D eigenvalue weighted by atomic mass is 16.5. The second-order valence-electron chi connectivity index (χ2n) is 7.13. The number of rotatable bonds is 4. The summed E-state index contributed by atoms with van der Waals surface area (Å²) >= 11 is 0. The van der Waals surface area contributed by atoms with Crippen LogP contribution >= 0.6 is 0 Å². The molecule has 8 nitrogen and oxygen atoms in total. The van der Waals surface area contributed by atoms with E-state index in [2.05, 4.69) is 26.8 Å². The van der Waals surface area contributed by atoms with Crippen molar-refractivity contribution in [3.05, 3.63) is 24.3 Å². The minimum atomic E-state index is 0.191. The molecule has 4 heterocycles. The van der Waals surface area contributed by atoms with E-state index in [9.17, 15) is 0 Å². The second kappa shape index (κ2) is 8.14. The lowest BCUT2D eigenvalue weighted by Crippen LogP contribution is -2.38. The molecule has 2 aromatic heterocycles. The van der Waals surface area contributed by atoms with Crippen LogP contribution in [0.1, 0.15) is 18.7 Å². The first-order valence-electron chi connectivity index (χ1n) is 9.53. The topological polar surface area (TPSA) is 76.5 Å². The van der Waals surface area contributed by atoms with Crippen molar-refractivity contribution in [2.45, 2.75) is 25.9 Å². The van der Waals surface area contributed by atoms with E-state index in [4.69, 9.17) is 19.4 Å². The molecule has 0 saturated carbocycles. The summed E-state index contributed by atoms with van der Waals surface area (Å²) in [5.41, 5.74) is 1.65. The van der Waals surface area contributed by atoms with Gasteiger partial charge in [-0.3, -0.25) is 0 Å². The van der Waals surface area contributed by atoms with E-state index in [0.717, 1.165) is 56.1 Å². The molecule has 2 aliphatic heterocycles. The van der Waals surface area contributed by atoms with Crippen LogP contribution in [0.2, 0.25) is 0 Å². The fraction of sp³-hybridized carbons (Fsp3) is 0.579. The van der Waals surface area contributed by atoms with Gasteiger partial charge in [0.1, 0.15) is 11.9 Å². The largest absolute Gasteiger partial charge is 0.474 e. The molecule has 27 heavy (non-hydrogen) atoms. The smallest absolute Gasteiger partial charge is 0.229 e. The highest BCUT2D eigenvalue weighted by Crippen LogP contribution is 2.26. The van der Waals surface area contributed by atoms with Crippen LogP contribution in [0.5, 0.6) is 5.88 Å². The molecule has 0 unspecified atom stereocenters. The van der Waals surface area contributed by atoms with Gasteiger partial charge in [0.05, 0.1) is 18.9 Å². The Hall–Kier alpha value is -2.32. The average Bonchev–Trinajstić information content (AvgIpc) is 2.71. The van der Waals surface area contributed by atoms with Crippen molar-refractivity contribution in [1.82, 2.24) is 24.8 Å². The number of hydrogen-bond acceptors (Lipinski definition) is 8. The highest BCUT2D eigenvalue weighted by Gasteiger charge is 2.21. The number of aromatic nitrogens is 4. The predicted molar refractivity (Wildman–Crippen MR) is 102 cm³/mol. The Morgan fingerprint density at radius 1 is 1.04 bits per heavy atom. The molecular weight excluding hydrogens is 344 g/mol. The van der Waals surface area contributed by atoms with Gasteiger partial charge in [0.15, 0.2) is 0 Å². The van der Waals surface area contributed by atoms with E-state index in [1.807, 2.05) is 13.0 Å². The number of aryl methyl sites for hydroxylation is 1. The number of likely N-dealkylation sites (tertiary alicyclic amines) is 1. The van der Waals surface area contributed by atoms with E-state index in [0.29, 0.717) is 25.0 Å². The van der Waals surface area contributed by atoms with Crippen LogP contribution in [-0.2, 0) is 4.74 Å². The van der Waals surface area contributed by atoms with Gasteiger partial charge in [-0.25, -0.2) is 15.0 Å². The molecule has 2 saturated heterocycles. The summed E-state index contributed by atoms with van der Waals surface area (Å²) in [7, 11) is 2.15. The van der Waals surface area contributed by atoms with Crippen molar-refractivity contribution in [2.24, 2.45) is 0 Å². The SMILES string of the molecule is Cc1ncc(-c2cc(OC3CCN(C)CC3)nc(N3CCOCC3)n2)cn1. The van der Waals surface area contributed by atoms with Gasteiger partial charge in [0.25, 0.3) is 0 Å². The molecule has 8 heteroatoms. The minimum absolute atomic E-state index is 0.191. The van der Waals surface area contributed by atoms with Crippen molar-refractivity contribution < 1.29 is 9.47 Å². The van der Waals surface area contributed by atoms with Gasteiger partial charge in [-0.1, -0.05) is 0 Å². The lowest BCUT2D eigenvalue weighted by atomic mass is 10.1. The molecule has 0 N–H and O–H groups in total. The van der Waals surface area contributed by atoms with Gasteiger partial charge in [-0.05, 0) is 26.8 Å². The minimum Gasteiger partial charge on any atom is -0.474 e. The zero-order valence-electron chi connectivity index (χ0n) is 16.0. The molecule has 4 rings (SSSR count). The molecular formula is C19H26N6O2. The third kappa shape index (κ3) is 4.51. The number of piperidine rings is 1. The van der Waals surface area contributed by atoms with Crippen molar-refractivity contribution in [1.29, 1.82) is 0 Å². The summed E-state index contributed by atoms with van der Waals surface area (Å²) < 4.78 is 11.7. The Bertz CT molecular complexity index is 755. The van der Waals surface area contributed by atoms with Crippen LogP contribution in [0, 0.1) is 6.92 Å². The monoisotopic (exact) mass is 370 g/mol. The second-order valence-corrected chi connectivity index (χ2v) is 7.13. The lowest BCUT2D eigenvalue weighted by Gasteiger charge is -2.30. The van der Waals surface area contributed by atoms with Gasteiger partial charge >= 0.3 is 0 Å². The maximum atomic E-state index is 6.24. The lowest BCUT2D eigenvalue weighted by molar-refractivity contribution is 0.109. The third-order valence-electron chi connectivity index (χ3n) is 5.01. The molecule has 2 aliphatic rings. The summed E-state index contributed by atoms with van der Waals surface area (Å²) in [4.78, 5) is 22.5. The van der Waals surface area contributed by atoms with E-state index < -0.39 is 0 Å². The van der Waals surface area contributed by atoms with Crippen molar-refractivity contribution in [3.63, 3.8) is 0 Å². The Morgan fingerprint density at radius 2 is 1.74 bits per heavy atom. The Kier molecular flexibility index (Phi) is 5.45. The summed E-state index contributed by atoms with van der Waals surface area (Å²) in [5, 5.41) is 0. The van der Waals surface area contributed by atoms with E-state index in [1.54, 1.807) is 12.4 Å². The molecule has 2 fully saturated rings. The first kappa shape index (κ1) is 18.1. The van der Waals surface area contributed by atoms with Crippen molar-refractivity contribution in [3.8, 4) is 17.1 Å². The quantitative estimate of drug-likeness (QED) is 0.802. The van der Waals surface area contributed by atoms with Crippen LogP contribution < -0.4 is 9.64 Å². The van der Waals surface area contributed by atoms with Gasteiger partial charge < -0.3 is 19.3 Å². The van der Waals surface area contributed by atoms with Crippen LogP contribution in [-0.4, -0.2) is 77.4 Å². The van der Waals surface area contributed by atoms with Crippen molar-refractivity contribution in [2.75, 3.05) is 51.3 Å². The van der Waals surface area contributed by atoms with E-state index in [-0.39, 0.29) is 6.10 Å². The van der Waals surface area contributed by atoms with Gasteiger partial charge in [-0.2, -0.15) is 4.98 Å². The Balaban J connectivity index is 1.62. The average molecular weight is 370 g/mol. The van der Waals surface area contributed by atoms with E-state index in [1.165, 1.54) is 0 Å². The normalized spacial score (nSPS) is 19.3. The summed E-state index contributed by atoms with van der Waals surface area (Å²) in [6.07, 6.45) is 5.81. The first-order chi connectivity index (χ1) is 13.2. The summed E-state index contributed by atoms with van der Waals surface area (Å²) in [6.45, 7) is 6.90. The molecule has 0 bridgehead atoms. The maximum absolute atomic E-state index is 6.24. The standard InChI is InChI=1S/C19H26N6O2/c1-14-20-12-15(13-21-14)17-11-18(27-16-3-5-24(2)6-4-16)23-19(22-17)25-7-9-26-10-8-25/h11-13,16H,3-10H2,1-2H3. The summed E-state index contributed by atoms with van der Waals surface area (Å²) in [5.74, 6) is 2.04. The molecule has 0 atom stereocenters. The summed E-state index contributed by atoms with van der Waals surface area (Å²) in [6, 6.07) is 1.90. The highest BCUT2D eigenvalue weighted by molar-refractivity contribution is 5.60. The van der Waals surface area contributed by atoms with Gasteiger partial charge in [0, 0.05) is 50.2 Å². The molecule has 0 amide bonds. The predicted octanol–water partition coefficient (Wildman–Crippen LogP) is 1.55. The third-order valence-corrected chi connectivity index (χ3v) is 5.01. The fourth-order valence-corrected chi connectivity index (χ4v) is 3.32. The number of hydrogen-bond donors (Lipinski definition) is 0. The van der Waals surface area contributed by atoms with Crippen molar-refractivity contribution >= 4 is 5.95 Å². The maximum Gasteiger partial charge on any atom is 0.229 e. The molecule has 144 valence electrons. The van der Waals surface area contributed by atoms with Crippen LogP contribution in [0.15, 0.2) is 18.5 Å². The molecule has 2 aromatic rings. The zero-order chi connectivity index (χ0) is 18.6. The Labute approximate surface area is 159 Å².